The highest BCUT2D eigenvalue weighted by atomic mass is 79.9. The van der Waals surface area contributed by atoms with Gasteiger partial charge in [0.1, 0.15) is 11.4 Å². The van der Waals surface area contributed by atoms with Crippen molar-refractivity contribution < 1.29 is 14.9 Å². The number of aryl methyl sites for hydroxylation is 2. The van der Waals surface area contributed by atoms with Gasteiger partial charge in [-0.25, -0.2) is 4.98 Å². The molecule has 5 rings (SSSR count). The fourth-order valence-electron chi connectivity index (χ4n) is 4.64. The van der Waals surface area contributed by atoms with Gasteiger partial charge < -0.3 is 35.1 Å². The maximum Gasteiger partial charge on any atom is 0.261 e. The minimum atomic E-state index is -0.763. The van der Waals surface area contributed by atoms with Gasteiger partial charge in [-0.1, -0.05) is 28.1 Å². The second-order valence-electron chi connectivity index (χ2n) is 9.37. The normalized spacial score (nSPS) is 16.8. The number of rotatable bonds is 7. The number of aromatic amines is 2. The summed E-state index contributed by atoms with van der Waals surface area (Å²) in [6.07, 6.45) is 0.598. The summed E-state index contributed by atoms with van der Waals surface area (Å²) in [5.74, 6) is 0.447. The van der Waals surface area contributed by atoms with Gasteiger partial charge in [-0.2, -0.15) is 0 Å². The first kappa shape index (κ1) is 25.5. The molecule has 9 nitrogen and oxygen atoms in total. The first-order chi connectivity index (χ1) is 17.8. The third-order valence-electron chi connectivity index (χ3n) is 6.73. The number of fused-ring (bicyclic) bond motifs is 1. The Morgan fingerprint density at radius 1 is 1.24 bits per heavy atom. The van der Waals surface area contributed by atoms with Crippen molar-refractivity contribution in [1.82, 2.24) is 15.0 Å². The number of anilines is 2. The number of imidazole rings is 1. The lowest BCUT2D eigenvalue weighted by Crippen LogP contribution is -2.44. The van der Waals surface area contributed by atoms with E-state index in [2.05, 4.69) is 42.2 Å². The number of nitrogens with zero attached hydrogens (tertiary/aromatic N) is 2. The Morgan fingerprint density at radius 3 is 2.86 bits per heavy atom. The van der Waals surface area contributed by atoms with Crippen molar-refractivity contribution >= 4 is 38.3 Å². The minimum Gasteiger partial charge on any atom is -0.394 e. The standard InChI is InChI=1S/C27H30BrN5O4/c1-15-3-4-17(10-20(15)28)23(35)12-30-21-5-6-29-27(36)24(21)26-31-22-11-18(9-16(2)25(22)32-26)33-7-8-37-19(13-33)14-34/h3-6,9-11,19,23,34-35H,7-8,12-14H2,1-2H3,(H,31,32)(H2,29,30,36)/t19?,23-/m1/s1. The molecule has 2 aromatic carbocycles. The number of ether oxygens (including phenoxy) is 1. The van der Waals surface area contributed by atoms with Crippen LogP contribution in [0.1, 0.15) is 22.8 Å². The van der Waals surface area contributed by atoms with Crippen LogP contribution in [-0.2, 0) is 4.74 Å². The fourth-order valence-corrected chi connectivity index (χ4v) is 5.04. The molecule has 37 heavy (non-hydrogen) atoms. The maximum atomic E-state index is 12.9. The third kappa shape index (κ3) is 5.28. The van der Waals surface area contributed by atoms with E-state index in [1.54, 1.807) is 12.3 Å². The maximum absolute atomic E-state index is 12.9. The highest BCUT2D eigenvalue weighted by molar-refractivity contribution is 9.10. The number of halogens is 1. The van der Waals surface area contributed by atoms with Crippen LogP contribution in [0.2, 0.25) is 0 Å². The van der Waals surface area contributed by atoms with Crippen LogP contribution < -0.4 is 15.8 Å². The number of H-pyrrole nitrogens is 2. The van der Waals surface area contributed by atoms with E-state index < -0.39 is 6.10 Å². The van der Waals surface area contributed by atoms with E-state index in [1.807, 2.05) is 38.1 Å². The molecule has 5 N–H and O–H groups in total. The van der Waals surface area contributed by atoms with Gasteiger partial charge in [0.2, 0.25) is 0 Å². The average molecular weight is 568 g/mol. The van der Waals surface area contributed by atoms with Crippen LogP contribution in [0.5, 0.6) is 0 Å². The van der Waals surface area contributed by atoms with Crippen molar-refractivity contribution in [3.63, 3.8) is 0 Å². The highest BCUT2D eigenvalue weighted by Gasteiger charge is 2.22. The number of aromatic nitrogens is 3. The quantitative estimate of drug-likeness (QED) is 0.231. The first-order valence-electron chi connectivity index (χ1n) is 12.2. The van der Waals surface area contributed by atoms with Crippen LogP contribution in [0.15, 0.2) is 51.9 Å². The molecule has 2 aromatic heterocycles. The van der Waals surface area contributed by atoms with Crippen molar-refractivity contribution in [2.24, 2.45) is 0 Å². The third-order valence-corrected chi connectivity index (χ3v) is 7.59. The summed E-state index contributed by atoms with van der Waals surface area (Å²) in [6, 6.07) is 11.6. The fraction of sp³-hybridized carbons (Fsp3) is 0.333. The molecular weight excluding hydrogens is 538 g/mol. The molecule has 0 bridgehead atoms. The van der Waals surface area contributed by atoms with Gasteiger partial charge in [-0.3, -0.25) is 4.79 Å². The lowest BCUT2D eigenvalue weighted by molar-refractivity contribution is 0.00357. The monoisotopic (exact) mass is 567 g/mol. The molecule has 1 aliphatic rings. The molecule has 0 aliphatic carbocycles. The number of hydrogen-bond acceptors (Lipinski definition) is 7. The van der Waals surface area contributed by atoms with Crippen LogP contribution in [0, 0.1) is 13.8 Å². The highest BCUT2D eigenvalue weighted by Crippen LogP contribution is 2.30. The van der Waals surface area contributed by atoms with E-state index in [0.29, 0.717) is 30.2 Å². The summed E-state index contributed by atoms with van der Waals surface area (Å²) in [4.78, 5) is 25.9. The molecular formula is C27H30BrN5O4. The van der Waals surface area contributed by atoms with Crippen molar-refractivity contribution in [2.75, 3.05) is 43.1 Å². The molecule has 2 atom stereocenters. The van der Waals surface area contributed by atoms with E-state index in [1.165, 1.54) is 0 Å². The van der Waals surface area contributed by atoms with Crippen LogP contribution in [-0.4, -0.2) is 64.1 Å². The lowest BCUT2D eigenvalue weighted by Gasteiger charge is -2.33. The SMILES string of the molecule is Cc1ccc([C@H](O)CNc2cc[nH]c(=O)c2-c2nc3c(C)cc(N4CCOC(CO)C4)cc3[nH]2)cc1Br. The molecule has 0 radical (unpaired) electrons. The number of nitrogens with one attached hydrogen (secondary N) is 3. The smallest absolute Gasteiger partial charge is 0.261 e. The van der Waals surface area contributed by atoms with Gasteiger partial charge >= 0.3 is 0 Å². The van der Waals surface area contributed by atoms with E-state index in [4.69, 9.17) is 9.72 Å². The Hall–Kier alpha value is -3.18. The molecule has 0 amide bonds. The number of benzene rings is 2. The van der Waals surface area contributed by atoms with Crippen LogP contribution in [0.25, 0.3) is 22.4 Å². The van der Waals surface area contributed by atoms with E-state index >= 15 is 0 Å². The molecule has 0 saturated carbocycles. The van der Waals surface area contributed by atoms with Gasteiger partial charge in [0.25, 0.3) is 5.56 Å². The zero-order valence-electron chi connectivity index (χ0n) is 20.7. The zero-order valence-corrected chi connectivity index (χ0v) is 22.3. The summed E-state index contributed by atoms with van der Waals surface area (Å²) in [7, 11) is 0. The number of aliphatic hydroxyl groups excluding tert-OH is 2. The number of pyridine rings is 1. The van der Waals surface area contributed by atoms with E-state index in [0.717, 1.165) is 44.4 Å². The second-order valence-corrected chi connectivity index (χ2v) is 10.2. The summed E-state index contributed by atoms with van der Waals surface area (Å²) in [6.45, 7) is 6.07. The predicted molar refractivity (Wildman–Crippen MR) is 148 cm³/mol. The Balaban J connectivity index is 1.43. The van der Waals surface area contributed by atoms with Crippen molar-refractivity contribution in [2.45, 2.75) is 26.1 Å². The van der Waals surface area contributed by atoms with Gasteiger partial charge in [0.05, 0.1) is 42.1 Å². The number of morpholine rings is 1. The first-order valence-corrected chi connectivity index (χ1v) is 13.0. The molecule has 1 unspecified atom stereocenters. The topological polar surface area (TPSA) is 126 Å². The largest absolute Gasteiger partial charge is 0.394 e. The van der Waals surface area contributed by atoms with Crippen molar-refractivity contribution in [3.05, 3.63) is 74.1 Å². The van der Waals surface area contributed by atoms with Gasteiger partial charge in [-0.05, 0) is 54.8 Å². The molecule has 0 spiro atoms. The van der Waals surface area contributed by atoms with Crippen molar-refractivity contribution in [1.29, 1.82) is 0 Å². The molecule has 3 heterocycles. The average Bonchev–Trinajstić information content (AvgIpc) is 3.33. The zero-order chi connectivity index (χ0) is 26.1. The minimum absolute atomic E-state index is 0.0195. The number of hydrogen-bond donors (Lipinski definition) is 5. The molecule has 194 valence electrons. The Morgan fingerprint density at radius 2 is 2.08 bits per heavy atom. The molecule has 1 aliphatic heterocycles. The second kappa shape index (κ2) is 10.7. The van der Waals surface area contributed by atoms with E-state index in [9.17, 15) is 15.0 Å². The number of aliphatic hydroxyl groups is 2. The predicted octanol–water partition coefficient (Wildman–Crippen LogP) is 3.64. The molecule has 10 heteroatoms. The van der Waals surface area contributed by atoms with Crippen LogP contribution in [0.4, 0.5) is 11.4 Å². The van der Waals surface area contributed by atoms with Crippen molar-refractivity contribution in [3.8, 4) is 11.4 Å². The Bertz CT molecular complexity index is 1480. The van der Waals surface area contributed by atoms with Crippen LogP contribution in [0.3, 0.4) is 0 Å². The molecule has 4 aromatic rings. The summed E-state index contributed by atoms with van der Waals surface area (Å²) >= 11 is 3.51. The summed E-state index contributed by atoms with van der Waals surface area (Å²) in [5, 5.41) is 23.5. The molecule has 1 fully saturated rings. The Labute approximate surface area is 222 Å². The van der Waals surface area contributed by atoms with Gasteiger partial charge in [-0.15, -0.1) is 0 Å². The van der Waals surface area contributed by atoms with Crippen LogP contribution >= 0.6 is 15.9 Å². The summed E-state index contributed by atoms with van der Waals surface area (Å²) < 4.78 is 6.52. The van der Waals surface area contributed by atoms with Gasteiger partial charge in [0, 0.05) is 36.0 Å². The molecule has 1 saturated heterocycles. The Kier molecular flexibility index (Phi) is 7.34. The van der Waals surface area contributed by atoms with Gasteiger partial charge in [0.15, 0.2) is 0 Å². The lowest BCUT2D eigenvalue weighted by atomic mass is 10.1. The summed E-state index contributed by atoms with van der Waals surface area (Å²) in [5.41, 5.74) is 6.11. The van der Waals surface area contributed by atoms with E-state index in [-0.39, 0.29) is 24.8 Å².